The summed E-state index contributed by atoms with van der Waals surface area (Å²) in [6.45, 7) is 1.32. The van der Waals surface area contributed by atoms with Crippen LogP contribution >= 0.6 is 0 Å². The van der Waals surface area contributed by atoms with Crippen LogP contribution in [-0.2, 0) is 22.4 Å². The van der Waals surface area contributed by atoms with Crippen molar-refractivity contribution in [3.8, 4) is 6.07 Å². The second-order valence-corrected chi connectivity index (χ2v) is 8.15. The third kappa shape index (κ3) is 3.58. The lowest BCUT2D eigenvalue weighted by Crippen LogP contribution is -2.49. The highest BCUT2D eigenvalue weighted by Crippen LogP contribution is 2.30. The summed E-state index contributed by atoms with van der Waals surface area (Å²) in [5.74, 6) is 0.462. The molecule has 142 valence electrons. The van der Waals surface area contributed by atoms with Gasteiger partial charge in [0, 0.05) is 19.5 Å². The number of aryl methyl sites for hydroxylation is 1. The summed E-state index contributed by atoms with van der Waals surface area (Å²) in [4.78, 5) is 29.5. The van der Waals surface area contributed by atoms with Gasteiger partial charge in [-0.25, -0.2) is 0 Å². The van der Waals surface area contributed by atoms with E-state index < -0.39 is 0 Å². The van der Waals surface area contributed by atoms with Crippen molar-refractivity contribution in [1.82, 2.24) is 9.80 Å². The number of benzene rings is 1. The van der Waals surface area contributed by atoms with E-state index in [9.17, 15) is 14.9 Å². The van der Waals surface area contributed by atoms with Crippen LogP contribution < -0.4 is 0 Å². The molecule has 3 aliphatic rings. The van der Waals surface area contributed by atoms with Gasteiger partial charge in [-0.05, 0) is 62.0 Å². The molecule has 2 heterocycles. The largest absolute Gasteiger partial charge is 0.331 e. The number of likely N-dealkylation sites (tertiary alicyclic amines) is 2. The van der Waals surface area contributed by atoms with Crippen molar-refractivity contribution in [3.05, 3.63) is 35.4 Å². The normalized spacial score (nSPS) is 27.3. The van der Waals surface area contributed by atoms with Gasteiger partial charge < -0.3 is 9.80 Å². The predicted molar refractivity (Wildman–Crippen MR) is 102 cm³/mol. The zero-order valence-corrected chi connectivity index (χ0v) is 15.8. The minimum absolute atomic E-state index is 0.0149. The zero-order valence-electron chi connectivity index (χ0n) is 15.8. The SMILES string of the molecule is N#C[C@@H]1CCCN1C(=O)[C@H]1CCCN1C(=O)CC1CCc2ccccc2C1. The van der Waals surface area contributed by atoms with Gasteiger partial charge in [0.15, 0.2) is 0 Å². The van der Waals surface area contributed by atoms with Crippen LogP contribution in [0.3, 0.4) is 0 Å². The number of carbonyl (C=O) groups is 2. The van der Waals surface area contributed by atoms with Crippen LogP contribution in [0.15, 0.2) is 24.3 Å². The van der Waals surface area contributed by atoms with E-state index in [4.69, 9.17) is 0 Å². The second-order valence-electron chi connectivity index (χ2n) is 8.15. The standard InChI is InChI=1S/C22H27N3O2/c23-15-19-7-3-11-24(19)22(27)20-8-4-12-25(20)21(26)14-16-9-10-17-5-1-2-6-18(17)13-16/h1-2,5-6,16,19-20H,3-4,7-14H2/t16?,19-,20+/m0/s1. The van der Waals surface area contributed by atoms with Gasteiger partial charge in [0.25, 0.3) is 0 Å². The molecule has 2 saturated heterocycles. The molecule has 2 amide bonds. The third-order valence-corrected chi connectivity index (χ3v) is 6.46. The average molecular weight is 365 g/mol. The Morgan fingerprint density at radius 2 is 1.78 bits per heavy atom. The highest BCUT2D eigenvalue weighted by Gasteiger charge is 2.40. The van der Waals surface area contributed by atoms with Crippen LogP contribution in [0.5, 0.6) is 0 Å². The lowest BCUT2D eigenvalue weighted by Gasteiger charge is -2.31. The summed E-state index contributed by atoms with van der Waals surface area (Å²) in [5, 5.41) is 9.28. The Morgan fingerprint density at radius 1 is 1.04 bits per heavy atom. The number of fused-ring (bicyclic) bond motifs is 1. The quantitative estimate of drug-likeness (QED) is 0.827. The summed E-state index contributed by atoms with van der Waals surface area (Å²) in [6, 6.07) is 10.1. The molecule has 0 N–H and O–H groups in total. The first-order chi connectivity index (χ1) is 13.2. The van der Waals surface area contributed by atoms with E-state index in [1.54, 1.807) is 9.80 Å². The van der Waals surface area contributed by atoms with E-state index >= 15 is 0 Å². The summed E-state index contributed by atoms with van der Waals surface area (Å²) in [7, 11) is 0. The fraction of sp³-hybridized carbons (Fsp3) is 0.591. The maximum atomic E-state index is 13.0. The molecule has 0 bridgehead atoms. The molecule has 3 atom stereocenters. The molecular weight excluding hydrogens is 338 g/mol. The highest BCUT2D eigenvalue weighted by molar-refractivity contribution is 5.89. The first kappa shape index (κ1) is 18.0. The molecule has 5 heteroatoms. The summed E-state index contributed by atoms with van der Waals surface area (Å²) < 4.78 is 0. The molecule has 27 heavy (non-hydrogen) atoms. The monoisotopic (exact) mass is 365 g/mol. The average Bonchev–Trinajstić information content (AvgIpc) is 3.36. The first-order valence-corrected chi connectivity index (χ1v) is 10.2. The van der Waals surface area contributed by atoms with Crippen molar-refractivity contribution >= 4 is 11.8 Å². The zero-order chi connectivity index (χ0) is 18.8. The van der Waals surface area contributed by atoms with Crippen molar-refractivity contribution in [2.24, 2.45) is 5.92 Å². The van der Waals surface area contributed by atoms with E-state index in [2.05, 4.69) is 30.3 Å². The van der Waals surface area contributed by atoms with Gasteiger partial charge in [0.1, 0.15) is 12.1 Å². The number of nitrogens with zero attached hydrogens (tertiary/aromatic N) is 3. The Balaban J connectivity index is 1.40. The van der Waals surface area contributed by atoms with Crippen LogP contribution in [0.1, 0.15) is 49.7 Å². The van der Waals surface area contributed by atoms with Crippen molar-refractivity contribution in [3.63, 3.8) is 0 Å². The Labute approximate surface area is 160 Å². The Kier molecular flexibility index (Phi) is 5.15. The number of carbonyl (C=O) groups excluding carboxylic acids is 2. The van der Waals surface area contributed by atoms with Gasteiger partial charge in [-0.15, -0.1) is 0 Å². The second kappa shape index (κ2) is 7.72. The predicted octanol–water partition coefficient (Wildman–Crippen LogP) is 2.69. The van der Waals surface area contributed by atoms with Gasteiger partial charge in [-0.3, -0.25) is 9.59 Å². The molecular formula is C22H27N3O2. The molecule has 0 radical (unpaired) electrons. The topological polar surface area (TPSA) is 64.4 Å². The number of nitriles is 1. The molecule has 2 fully saturated rings. The Hall–Kier alpha value is -2.35. The van der Waals surface area contributed by atoms with Crippen LogP contribution in [-0.4, -0.2) is 46.8 Å². The Morgan fingerprint density at radius 3 is 2.59 bits per heavy atom. The van der Waals surface area contributed by atoms with E-state index in [1.807, 2.05) is 0 Å². The minimum atomic E-state index is -0.359. The maximum absolute atomic E-state index is 13.0. The molecule has 0 aromatic heterocycles. The van der Waals surface area contributed by atoms with Crippen LogP contribution in [0, 0.1) is 17.2 Å². The molecule has 5 nitrogen and oxygen atoms in total. The van der Waals surface area contributed by atoms with Crippen molar-refractivity contribution < 1.29 is 9.59 Å². The van der Waals surface area contributed by atoms with Crippen molar-refractivity contribution in [2.75, 3.05) is 13.1 Å². The van der Waals surface area contributed by atoms with Gasteiger partial charge in [-0.2, -0.15) is 5.26 Å². The van der Waals surface area contributed by atoms with E-state index in [0.717, 1.165) is 44.9 Å². The number of hydrogen-bond donors (Lipinski definition) is 0. The van der Waals surface area contributed by atoms with Crippen molar-refractivity contribution in [2.45, 2.75) is 63.5 Å². The minimum Gasteiger partial charge on any atom is -0.331 e. The number of rotatable bonds is 3. The number of hydrogen-bond acceptors (Lipinski definition) is 3. The lowest BCUT2D eigenvalue weighted by atomic mass is 9.82. The van der Waals surface area contributed by atoms with E-state index in [0.29, 0.717) is 25.4 Å². The maximum Gasteiger partial charge on any atom is 0.246 e. The molecule has 1 unspecified atom stereocenters. The summed E-state index contributed by atoms with van der Waals surface area (Å²) in [5.41, 5.74) is 2.77. The first-order valence-electron chi connectivity index (χ1n) is 10.2. The molecule has 0 saturated carbocycles. The summed E-state index contributed by atoms with van der Waals surface area (Å²) >= 11 is 0. The molecule has 2 aliphatic heterocycles. The molecule has 1 aromatic carbocycles. The molecule has 1 aromatic rings. The molecule has 1 aliphatic carbocycles. The Bertz CT molecular complexity index is 769. The van der Waals surface area contributed by atoms with Crippen LogP contribution in [0.25, 0.3) is 0 Å². The van der Waals surface area contributed by atoms with Gasteiger partial charge in [0.2, 0.25) is 11.8 Å². The number of amides is 2. The van der Waals surface area contributed by atoms with Gasteiger partial charge in [-0.1, -0.05) is 24.3 Å². The fourth-order valence-electron chi connectivity index (χ4n) is 4.99. The van der Waals surface area contributed by atoms with Gasteiger partial charge in [0.05, 0.1) is 6.07 Å². The van der Waals surface area contributed by atoms with E-state index in [1.165, 1.54) is 11.1 Å². The van der Waals surface area contributed by atoms with Crippen LogP contribution in [0.2, 0.25) is 0 Å². The van der Waals surface area contributed by atoms with Crippen molar-refractivity contribution in [1.29, 1.82) is 5.26 Å². The third-order valence-electron chi connectivity index (χ3n) is 6.46. The molecule has 4 rings (SSSR count). The lowest BCUT2D eigenvalue weighted by molar-refractivity contribution is -0.144. The highest BCUT2D eigenvalue weighted by atomic mass is 16.2. The smallest absolute Gasteiger partial charge is 0.246 e. The summed E-state index contributed by atoms with van der Waals surface area (Å²) in [6.07, 6.45) is 6.80. The van der Waals surface area contributed by atoms with Crippen LogP contribution in [0.4, 0.5) is 0 Å². The molecule has 0 spiro atoms. The fourth-order valence-corrected chi connectivity index (χ4v) is 4.99. The van der Waals surface area contributed by atoms with E-state index in [-0.39, 0.29) is 23.9 Å². The van der Waals surface area contributed by atoms with Gasteiger partial charge >= 0.3 is 0 Å².